The fourth-order valence-electron chi connectivity index (χ4n) is 1.22. The Labute approximate surface area is 102 Å². The number of carbonyl (C=O) groups excluding carboxylic acids is 1. The summed E-state index contributed by atoms with van der Waals surface area (Å²) in [6.07, 6.45) is -0.135. The van der Waals surface area contributed by atoms with Crippen molar-refractivity contribution in [2.75, 3.05) is 12.8 Å². The number of rotatable bonds is 4. The molecule has 17 heavy (non-hydrogen) atoms. The van der Waals surface area contributed by atoms with Crippen LogP contribution < -0.4 is 10.5 Å². The Balaban J connectivity index is 2.82. The first-order valence-corrected chi connectivity index (χ1v) is 5.60. The molecule has 2 N–H and O–H groups in total. The summed E-state index contributed by atoms with van der Waals surface area (Å²) in [7, 11) is 1.55. The molecule has 1 rings (SSSR count). The Morgan fingerprint density at radius 1 is 1.29 bits per heavy atom. The molecule has 94 valence electrons. The number of anilines is 1. The van der Waals surface area contributed by atoms with Crippen LogP contribution in [0.15, 0.2) is 18.2 Å². The molecule has 0 aliphatic heterocycles. The molecule has 0 spiro atoms. The number of methoxy groups -OCH3 is 1. The standard InChI is InChI=1S/C13H19NO3/c1-8(2)9(3)17-13(15)11-6-5-10(16-4)7-12(11)14/h5-9H,14H2,1-4H3. The monoisotopic (exact) mass is 237 g/mol. The average Bonchev–Trinajstić information content (AvgIpc) is 2.28. The largest absolute Gasteiger partial charge is 0.497 e. The summed E-state index contributed by atoms with van der Waals surface area (Å²) in [5, 5.41) is 0. The van der Waals surface area contributed by atoms with Gasteiger partial charge in [0.15, 0.2) is 0 Å². The van der Waals surface area contributed by atoms with Crippen molar-refractivity contribution in [2.24, 2.45) is 5.92 Å². The van der Waals surface area contributed by atoms with Gasteiger partial charge in [-0.25, -0.2) is 4.79 Å². The van der Waals surface area contributed by atoms with Crippen LogP contribution in [-0.2, 0) is 4.74 Å². The van der Waals surface area contributed by atoms with E-state index in [4.69, 9.17) is 15.2 Å². The third-order valence-corrected chi connectivity index (χ3v) is 2.71. The zero-order valence-corrected chi connectivity index (χ0v) is 10.7. The SMILES string of the molecule is COc1ccc(C(=O)OC(C)C(C)C)c(N)c1. The predicted octanol–water partition coefficient (Wildman–Crippen LogP) is 2.48. The Kier molecular flexibility index (Phi) is 4.37. The molecule has 0 heterocycles. The summed E-state index contributed by atoms with van der Waals surface area (Å²) >= 11 is 0. The third kappa shape index (κ3) is 3.37. The first-order valence-electron chi connectivity index (χ1n) is 5.60. The van der Waals surface area contributed by atoms with Crippen LogP contribution >= 0.6 is 0 Å². The van der Waals surface area contributed by atoms with Gasteiger partial charge in [0.25, 0.3) is 0 Å². The number of nitrogen functional groups attached to an aromatic ring is 1. The molecule has 0 fully saturated rings. The zero-order chi connectivity index (χ0) is 13.0. The topological polar surface area (TPSA) is 61.5 Å². The Bertz CT molecular complexity index is 402. The minimum absolute atomic E-state index is 0.135. The van der Waals surface area contributed by atoms with Gasteiger partial charge in [0.2, 0.25) is 0 Å². The first-order chi connectivity index (χ1) is 7.95. The van der Waals surface area contributed by atoms with E-state index in [1.165, 1.54) is 0 Å². The maximum Gasteiger partial charge on any atom is 0.340 e. The van der Waals surface area contributed by atoms with Gasteiger partial charge in [-0.15, -0.1) is 0 Å². The van der Waals surface area contributed by atoms with Crippen molar-refractivity contribution in [3.8, 4) is 5.75 Å². The van der Waals surface area contributed by atoms with Crippen LogP contribution in [0.2, 0.25) is 0 Å². The molecule has 1 unspecified atom stereocenters. The highest BCUT2D eigenvalue weighted by Gasteiger charge is 2.17. The highest BCUT2D eigenvalue weighted by atomic mass is 16.5. The number of hydrogen-bond acceptors (Lipinski definition) is 4. The van der Waals surface area contributed by atoms with Crippen molar-refractivity contribution in [3.05, 3.63) is 23.8 Å². The van der Waals surface area contributed by atoms with Crippen molar-refractivity contribution >= 4 is 11.7 Å². The van der Waals surface area contributed by atoms with Crippen molar-refractivity contribution < 1.29 is 14.3 Å². The Hall–Kier alpha value is -1.71. The average molecular weight is 237 g/mol. The van der Waals surface area contributed by atoms with E-state index in [0.29, 0.717) is 17.0 Å². The molecule has 1 aromatic rings. The van der Waals surface area contributed by atoms with Gasteiger partial charge in [0, 0.05) is 11.8 Å². The predicted molar refractivity (Wildman–Crippen MR) is 67.1 cm³/mol. The molecular weight excluding hydrogens is 218 g/mol. The van der Waals surface area contributed by atoms with E-state index >= 15 is 0 Å². The molecule has 0 saturated heterocycles. The van der Waals surface area contributed by atoms with E-state index in [-0.39, 0.29) is 12.0 Å². The lowest BCUT2D eigenvalue weighted by molar-refractivity contribution is 0.0239. The summed E-state index contributed by atoms with van der Waals surface area (Å²) in [6, 6.07) is 4.91. The van der Waals surface area contributed by atoms with Gasteiger partial charge in [0.1, 0.15) is 11.9 Å². The number of esters is 1. The number of benzene rings is 1. The molecule has 4 heteroatoms. The number of ether oxygens (including phenoxy) is 2. The number of nitrogens with two attached hydrogens (primary N) is 1. The Morgan fingerprint density at radius 2 is 1.94 bits per heavy atom. The second kappa shape index (κ2) is 5.57. The van der Waals surface area contributed by atoms with Gasteiger partial charge < -0.3 is 15.2 Å². The second-order valence-electron chi connectivity index (χ2n) is 4.31. The van der Waals surface area contributed by atoms with Crippen molar-refractivity contribution in [2.45, 2.75) is 26.9 Å². The maximum atomic E-state index is 11.8. The number of carbonyl (C=O) groups is 1. The highest BCUT2D eigenvalue weighted by molar-refractivity contribution is 5.95. The molecule has 0 aliphatic rings. The molecule has 0 aliphatic carbocycles. The first kappa shape index (κ1) is 13.4. The van der Waals surface area contributed by atoms with Crippen molar-refractivity contribution in [1.82, 2.24) is 0 Å². The van der Waals surface area contributed by atoms with E-state index < -0.39 is 5.97 Å². The quantitative estimate of drug-likeness (QED) is 0.645. The summed E-state index contributed by atoms with van der Waals surface area (Å²) in [5.74, 6) is 0.501. The summed E-state index contributed by atoms with van der Waals surface area (Å²) in [6.45, 7) is 5.85. The lowest BCUT2D eigenvalue weighted by atomic mass is 10.1. The van der Waals surface area contributed by atoms with Crippen LogP contribution in [0.5, 0.6) is 5.75 Å². The van der Waals surface area contributed by atoms with Gasteiger partial charge in [-0.05, 0) is 25.0 Å². The van der Waals surface area contributed by atoms with Crippen LogP contribution in [0.3, 0.4) is 0 Å². The fraction of sp³-hybridized carbons (Fsp3) is 0.462. The highest BCUT2D eigenvalue weighted by Crippen LogP contribution is 2.21. The molecule has 0 aromatic heterocycles. The van der Waals surface area contributed by atoms with Crippen LogP contribution in [0.1, 0.15) is 31.1 Å². The third-order valence-electron chi connectivity index (χ3n) is 2.71. The molecule has 0 radical (unpaired) electrons. The molecule has 1 atom stereocenters. The van der Waals surface area contributed by atoms with E-state index in [9.17, 15) is 4.79 Å². The number of hydrogen-bond donors (Lipinski definition) is 1. The van der Waals surface area contributed by atoms with Gasteiger partial charge in [-0.1, -0.05) is 13.8 Å². The second-order valence-corrected chi connectivity index (χ2v) is 4.31. The van der Waals surface area contributed by atoms with E-state index in [2.05, 4.69) is 0 Å². The molecular formula is C13H19NO3. The summed E-state index contributed by atoms with van der Waals surface area (Å²) < 4.78 is 10.3. The molecule has 0 saturated carbocycles. The van der Waals surface area contributed by atoms with Crippen LogP contribution in [0, 0.1) is 5.92 Å². The summed E-state index contributed by atoms with van der Waals surface area (Å²) in [4.78, 5) is 11.8. The van der Waals surface area contributed by atoms with E-state index in [0.717, 1.165) is 0 Å². The molecule has 0 amide bonds. The van der Waals surface area contributed by atoms with Crippen molar-refractivity contribution in [1.29, 1.82) is 0 Å². The smallest absolute Gasteiger partial charge is 0.340 e. The van der Waals surface area contributed by atoms with Crippen LogP contribution in [-0.4, -0.2) is 19.2 Å². The van der Waals surface area contributed by atoms with E-state index in [1.54, 1.807) is 25.3 Å². The maximum absolute atomic E-state index is 11.8. The zero-order valence-electron chi connectivity index (χ0n) is 10.7. The lowest BCUT2D eigenvalue weighted by Crippen LogP contribution is -2.20. The van der Waals surface area contributed by atoms with Gasteiger partial charge in [0.05, 0.1) is 12.7 Å². The van der Waals surface area contributed by atoms with Gasteiger partial charge in [-0.3, -0.25) is 0 Å². The van der Waals surface area contributed by atoms with Crippen molar-refractivity contribution in [3.63, 3.8) is 0 Å². The molecule has 0 bridgehead atoms. The minimum Gasteiger partial charge on any atom is -0.497 e. The van der Waals surface area contributed by atoms with E-state index in [1.807, 2.05) is 20.8 Å². The van der Waals surface area contributed by atoms with Crippen LogP contribution in [0.25, 0.3) is 0 Å². The Morgan fingerprint density at radius 3 is 2.41 bits per heavy atom. The minimum atomic E-state index is -0.397. The fourth-order valence-corrected chi connectivity index (χ4v) is 1.22. The normalized spacial score (nSPS) is 12.3. The van der Waals surface area contributed by atoms with Gasteiger partial charge >= 0.3 is 5.97 Å². The summed E-state index contributed by atoms with van der Waals surface area (Å²) in [5.41, 5.74) is 6.51. The lowest BCUT2D eigenvalue weighted by Gasteiger charge is -2.17. The van der Waals surface area contributed by atoms with Gasteiger partial charge in [-0.2, -0.15) is 0 Å². The van der Waals surface area contributed by atoms with Crippen LogP contribution in [0.4, 0.5) is 5.69 Å². The molecule has 1 aromatic carbocycles. The molecule has 4 nitrogen and oxygen atoms in total.